The molecule has 1 amide bonds. The molecular formula is C36H44FNO6. The van der Waals surface area contributed by atoms with Crippen molar-refractivity contribution in [2.45, 2.75) is 92.1 Å². The number of hydrogen-bond donors (Lipinski definition) is 1. The summed E-state index contributed by atoms with van der Waals surface area (Å²) in [5.41, 5.74) is 1.75. The van der Waals surface area contributed by atoms with Crippen LogP contribution in [0.3, 0.4) is 0 Å². The first-order chi connectivity index (χ1) is 20.6. The lowest BCUT2D eigenvalue weighted by Crippen LogP contribution is -2.32. The van der Waals surface area contributed by atoms with Gasteiger partial charge in [0.1, 0.15) is 35.1 Å². The normalized spacial score (nSPS) is 14.0. The van der Waals surface area contributed by atoms with Crippen molar-refractivity contribution in [3.8, 4) is 22.6 Å². The molecule has 0 aromatic heterocycles. The maximum atomic E-state index is 15.8. The summed E-state index contributed by atoms with van der Waals surface area (Å²) in [5.74, 6) is 0.409. The van der Waals surface area contributed by atoms with Gasteiger partial charge in [-0.2, -0.15) is 0 Å². The number of rotatable bonds is 11. The number of halogens is 1. The Labute approximate surface area is 260 Å². The second-order valence-electron chi connectivity index (χ2n) is 13.8. The fraction of sp³-hybridized carbons (Fsp3) is 0.444. The van der Waals surface area contributed by atoms with Crippen LogP contribution < -0.4 is 14.8 Å². The molecule has 1 saturated carbocycles. The highest BCUT2D eigenvalue weighted by atomic mass is 19.1. The first kappa shape index (κ1) is 32.8. The van der Waals surface area contributed by atoms with E-state index in [-0.39, 0.29) is 31.0 Å². The van der Waals surface area contributed by atoms with E-state index >= 15 is 4.39 Å². The van der Waals surface area contributed by atoms with E-state index in [1.807, 2.05) is 63.2 Å². The van der Waals surface area contributed by atoms with Crippen LogP contribution in [0.15, 0.2) is 60.7 Å². The standard InChI is InChI=1S/C36H44FNO6/c1-34(2,3)43-31(39)20-25-11-8-9-14-30(25)41-22-24-17-27(19-28(18-24)42-23-36(7)15-16-36)29-13-10-12-26(32(29)37)21-38-33(40)44-35(4,5)6/h8-14,17-19H,15-16,20-23H2,1-7H3,(H,38,40). The maximum Gasteiger partial charge on any atom is 0.407 e. The van der Waals surface area contributed by atoms with Crippen molar-refractivity contribution in [1.29, 1.82) is 0 Å². The summed E-state index contributed by atoms with van der Waals surface area (Å²) < 4.78 is 39.0. The van der Waals surface area contributed by atoms with Crippen molar-refractivity contribution in [2.75, 3.05) is 6.61 Å². The zero-order valence-corrected chi connectivity index (χ0v) is 26.8. The van der Waals surface area contributed by atoms with Gasteiger partial charge in [-0.1, -0.05) is 43.3 Å². The highest BCUT2D eigenvalue weighted by Gasteiger charge is 2.38. The van der Waals surface area contributed by atoms with E-state index in [2.05, 4.69) is 12.2 Å². The summed E-state index contributed by atoms with van der Waals surface area (Å²) in [4.78, 5) is 24.7. The number of hydrogen-bond acceptors (Lipinski definition) is 6. The third kappa shape index (κ3) is 10.00. The summed E-state index contributed by atoms with van der Waals surface area (Å²) >= 11 is 0. The van der Waals surface area contributed by atoms with Crippen LogP contribution in [-0.2, 0) is 33.8 Å². The molecule has 0 saturated heterocycles. The van der Waals surface area contributed by atoms with Gasteiger partial charge in [0.15, 0.2) is 0 Å². The second-order valence-corrected chi connectivity index (χ2v) is 13.8. The molecule has 0 atom stereocenters. The number of amides is 1. The first-order valence-corrected chi connectivity index (χ1v) is 15.0. The van der Waals surface area contributed by atoms with E-state index in [0.717, 1.165) is 18.4 Å². The SMILES string of the molecule is CC1(COc2cc(COc3ccccc3CC(=O)OC(C)(C)C)cc(-c3cccc(CNC(=O)OC(C)(C)C)c3F)c2)CC1. The van der Waals surface area contributed by atoms with Crippen molar-refractivity contribution in [1.82, 2.24) is 5.32 Å². The third-order valence-electron chi connectivity index (χ3n) is 6.99. The molecule has 1 aliphatic rings. The number of nitrogens with one attached hydrogen (secondary N) is 1. The number of benzene rings is 3. The average Bonchev–Trinajstić information content (AvgIpc) is 3.66. The number of carbonyl (C=O) groups excluding carboxylic acids is 2. The van der Waals surface area contributed by atoms with Crippen LogP contribution in [0, 0.1) is 11.2 Å². The van der Waals surface area contributed by atoms with Crippen molar-refractivity contribution in [3.05, 3.63) is 83.2 Å². The van der Waals surface area contributed by atoms with Gasteiger partial charge in [-0.05, 0) is 89.8 Å². The zero-order chi connectivity index (χ0) is 32.1. The van der Waals surface area contributed by atoms with E-state index in [4.69, 9.17) is 18.9 Å². The van der Waals surface area contributed by atoms with Crippen LogP contribution in [0.25, 0.3) is 11.1 Å². The minimum absolute atomic E-state index is 0.0203. The highest BCUT2D eigenvalue weighted by molar-refractivity contribution is 5.74. The molecule has 3 aromatic rings. The monoisotopic (exact) mass is 605 g/mol. The number of alkyl carbamates (subject to hydrolysis) is 1. The van der Waals surface area contributed by atoms with Gasteiger partial charge in [-0.25, -0.2) is 9.18 Å². The van der Waals surface area contributed by atoms with Gasteiger partial charge >= 0.3 is 12.1 Å². The molecule has 1 N–H and O–H groups in total. The first-order valence-electron chi connectivity index (χ1n) is 15.0. The van der Waals surface area contributed by atoms with Crippen LogP contribution >= 0.6 is 0 Å². The predicted octanol–water partition coefficient (Wildman–Crippen LogP) is 8.16. The van der Waals surface area contributed by atoms with Crippen molar-refractivity contribution in [3.63, 3.8) is 0 Å². The smallest absolute Gasteiger partial charge is 0.407 e. The fourth-order valence-corrected chi connectivity index (χ4v) is 4.50. The number of para-hydroxylation sites is 1. The number of ether oxygens (including phenoxy) is 4. The maximum absolute atomic E-state index is 15.8. The molecule has 236 valence electrons. The van der Waals surface area contributed by atoms with Gasteiger partial charge in [-0.15, -0.1) is 0 Å². The van der Waals surface area contributed by atoms with Crippen molar-refractivity contribution in [2.24, 2.45) is 5.41 Å². The summed E-state index contributed by atoms with van der Waals surface area (Å²) in [6.45, 7) is 13.7. The van der Waals surface area contributed by atoms with E-state index in [1.54, 1.807) is 39.0 Å². The van der Waals surface area contributed by atoms with Crippen molar-refractivity contribution < 1.29 is 32.9 Å². The summed E-state index contributed by atoms with van der Waals surface area (Å²) in [6, 6.07) is 18.0. The molecule has 7 nitrogen and oxygen atoms in total. The molecule has 44 heavy (non-hydrogen) atoms. The molecule has 0 aliphatic heterocycles. The molecule has 0 spiro atoms. The molecule has 0 radical (unpaired) electrons. The molecule has 0 bridgehead atoms. The number of esters is 1. The lowest BCUT2D eigenvalue weighted by molar-refractivity contribution is -0.153. The van der Waals surface area contributed by atoms with Gasteiger partial charge in [0.25, 0.3) is 0 Å². The topological polar surface area (TPSA) is 83.1 Å². The third-order valence-corrected chi connectivity index (χ3v) is 6.99. The fourth-order valence-electron chi connectivity index (χ4n) is 4.50. The minimum Gasteiger partial charge on any atom is -0.493 e. The molecule has 0 unspecified atom stereocenters. The largest absolute Gasteiger partial charge is 0.493 e. The van der Waals surface area contributed by atoms with Crippen LogP contribution in [-0.4, -0.2) is 29.9 Å². The molecule has 1 fully saturated rings. The Hall–Kier alpha value is -4.07. The summed E-state index contributed by atoms with van der Waals surface area (Å²) in [6.07, 6.45) is 1.68. The Morgan fingerprint density at radius 1 is 0.864 bits per heavy atom. The van der Waals surface area contributed by atoms with Crippen LogP contribution in [0.1, 0.15) is 78.0 Å². The molecule has 3 aromatic carbocycles. The molecule has 0 heterocycles. The van der Waals surface area contributed by atoms with Gasteiger partial charge in [-0.3, -0.25) is 4.79 Å². The zero-order valence-electron chi connectivity index (χ0n) is 26.8. The van der Waals surface area contributed by atoms with Gasteiger partial charge < -0.3 is 24.3 Å². The minimum atomic E-state index is -0.656. The Balaban J connectivity index is 1.56. The molecule has 1 aliphatic carbocycles. The molecule has 4 rings (SSSR count). The Kier molecular flexibility index (Phi) is 9.91. The van der Waals surface area contributed by atoms with Gasteiger partial charge in [0, 0.05) is 28.7 Å². The highest BCUT2D eigenvalue weighted by Crippen LogP contribution is 2.45. The van der Waals surface area contributed by atoms with Crippen LogP contribution in [0.4, 0.5) is 9.18 Å². The lowest BCUT2D eigenvalue weighted by Gasteiger charge is -2.20. The van der Waals surface area contributed by atoms with E-state index in [1.165, 1.54) is 0 Å². The van der Waals surface area contributed by atoms with Gasteiger partial charge in [0.2, 0.25) is 0 Å². The molecule has 8 heteroatoms. The Morgan fingerprint density at radius 2 is 1.55 bits per heavy atom. The number of carbonyl (C=O) groups is 2. The van der Waals surface area contributed by atoms with Crippen LogP contribution in [0.5, 0.6) is 11.5 Å². The quantitative estimate of drug-likeness (QED) is 0.222. The Bertz CT molecular complexity index is 1480. The van der Waals surface area contributed by atoms with E-state index in [9.17, 15) is 9.59 Å². The predicted molar refractivity (Wildman–Crippen MR) is 168 cm³/mol. The molecular weight excluding hydrogens is 561 g/mol. The van der Waals surface area contributed by atoms with E-state index < -0.39 is 23.1 Å². The van der Waals surface area contributed by atoms with E-state index in [0.29, 0.717) is 40.4 Å². The lowest BCUT2D eigenvalue weighted by atomic mass is 9.99. The average molecular weight is 606 g/mol. The summed E-state index contributed by atoms with van der Waals surface area (Å²) in [7, 11) is 0. The van der Waals surface area contributed by atoms with Crippen molar-refractivity contribution >= 4 is 12.1 Å². The summed E-state index contributed by atoms with van der Waals surface area (Å²) in [5, 5.41) is 2.63. The second kappa shape index (κ2) is 13.3. The van der Waals surface area contributed by atoms with Gasteiger partial charge in [0.05, 0.1) is 13.0 Å². The van der Waals surface area contributed by atoms with Crippen LogP contribution in [0.2, 0.25) is 0 Å². The Morgan fingerprint density at radius 3 is 2.23 bits per heavy atom.